The van der Waals surface area contributed by atoms with E-state index in [1.165, 1.54) is 6.42 Å². The summed E-state index contributed by atoms with van der Waals surface area (Å²) < 4.78 is 20.3. The average Bonchev–Trinajstić information content (AvgIpc) is 2.52. The summed E-state index contributed by atoms with van der Waals surface area (Å²) in [6, 6.07) is 9.21. The normalized spacial score (nSPS) is 14.7. The van der Waals surface area contributed by atoms with Crippen molar-refractivity contribution in [3.63, 3.8) is 0 Å². The van der Waals surface area contributed by atoms with Crippen LogP contribution in [0.3, 0.4) is 0 Å². The van der Waals surface area contributed by atoms with E-state index in [-0.39, 0.29) is 10.9 Å². The third kappa shape index (κ3) is 6.50. The molecular weight excluding hydrogens is 317 g/mol. The Morgan fingerprint density at radius 1 is 1.29 bits per heavy atom. The summed E-state index contributed by atoms with van der Waals surface area (Å²) in [5.74, 6) is -0.241. The molecule has 1 aromatic carbocycles. The van der Waals surface area contributed by atoms with Crippen LogP contribution in [0.15, 0.2) is 42.2 Å². The Labute approximate surface area is 148 Å². The molecule has 2 nitrogen and oxygen atoms in total. The van der Waals surface area contributed by atoms with Crippen molar-refractivity contribution in [1.29, 1.82) is 0 Å². The van der Waals surface area contributed by atoms with Crippen LogP contribution in [-0.2, 0) is 10.8 Å². The lowest BCUT2D eigenvalue weighted by Crippen LogP contribution is -2.42. The largest absolute Gasteiger partial charge is 0.417 e. The third-order valence-electron chi connectivity index (χ3n) is 5.08. The van der Waals surface area contributed by atoms with Gasteiger partial charge >= 0.3 is 0 Å². The maximum absolute atomic E-state index is 14.1. The molecule has 0 amide bonds. The Morgan fingerprint density at radius 2 is 1.92 bits per heavy atom. The highest BCUT2D eigenvalue weighted by Gasteiger charge is 2.39. The predicted molar refractivity (Wildman–Crippen MR) is 104 cm³/mol. The fraction of sp³-hybridized carbons (Fsp3) is 0.600. The smallest absolute Gasteiger partial charge is 0.192 e. The van der Waals surface area contributed by atoms with Crippen LogP contribution in [0.5, 0.6) is 0 Å². The topological polar surface area (TPSA) is 35.2 Å². The van der Waals surface area contributed by atoms with E-state index in [1.54, 1.807) is 6.08 Å². The van der Waals surface area contributed by atoms with Gasteiger partial charge in [-0.3, -0.25) is 0 Å². The number of hydrogen-bond acceptors (Lipinski definition) is 2. The van der Waals surface area contributed by atoms with Gasteiger partial charge in [0.25, 0.3) is 0 Å². The van der Waals surface area contributed by atoms with E-state index in [0.717, 1.165) is 12.0 Å². The Morgan fingerprint density at radius 3 is 2.50 bits per heavy atom. The maximum Gasteiger partial charge on any atom is 0.192 e. The van der Waals surface area contributed by atoms with Crippen LogP contribution in [0, 0.1) is 0 Å². The van der Waals surface area contributed by atoms with Crippen LogP contribution < -0.4 is 5.73 Å². The highest BCUT2D eigenvalue weighted by atomic mass is 28.4. The molecule has 1 atom stereocenters. The fourth-order valence-electron chi connectivity index (χ4n) is 2.75. The first kappa shape index (κ1) is 21.1. The summed E-state index contributed by atoms with van der Waals surface area (Å²) in [5, 5.41) is 0.230. The van der Waals surface area contributed by atoms with Crippen molar-refractivity contribution < 1.29 is 8.82 Å². The Bertz CT molecular complexity index is 514. The summed E-state index contributed by atoms with van der Waals surface area (Å²) in [7, 11) is -1.80. The van der Waals surface area contributed by atoms with Gasteiger partial charge in [-0.25, -0.2) is 4.39 Å². The molecule has 1 rings (SSSR count). The minimum absolute atomic E-state index is 0.230. The van der Waals surface area contributed by atoms with Crippen molar-refractivity contribution in [2.75, 3.05) is 6.61 Å². The lowest BCUT2D eigenvalue weighted by Gasteiger charge is -2.39. The van der Waals surface area contributed by atoms with Crippen LogP contribution in [-0.4, -0.2) is 21.0 Å². The van der Waals surface area contributed by atoms with Crippen LogP contribution in [0.2, 0.25) is 18.1 Å². The predicted octanol–water partition coefficient (Wildman–Crippen LogP) is 5.60. The van der Waals surface area contributed by atoms with Gasteiger partial charge in [0.15, 0.2) is 8.32 Å². The number of hydrogen-bond donors (Lipinski definition) is 1. The number of rotatable bonds is 10. The van der Waals surface area contributed by atoms with Crippen LogP contribution >= 0.6 is 0 Å². The van der Waals surface area contributed by atoms with Crippen molar-refractivity contribution in [3.05, 3.63) is 47.8 Å². The molecule has 2 N–H and O–H groups in total. The van der Waals surface area contributed by atoms with Gasteiger partial charge in [-0.05, 0) is 49.0 Å². The first-order valence-electron chi connectivity index (χ1n) is 8.98. The average molecular weight is 352 g/mol. The summed E-state index contributed by atoms with van der Waals surface area (Å²) >= 11 is 0. The monoisotopic (exact) mass is 351 g/mol. The van der Waals surface area contributed by atoms with E-state index in [4.69, 9.17) is 10.2 Å². The van der Waals surface area contributed by atoms with E-state index in [1.807, 2.05) is 30.3 Å². The van der Waals surface area contributed by atoms with E-state index >= 15 is 0 Å². The van der Waals surface area contributed by atoms with Gasteiger partial charge in [-0.1, -0.05) is 57.5 Å². The minimum Gasteiger partial charge on any atom is -0.417 e. The Kier molecular flexibility index (Phi) is 8.34. The third-order valence-corrected chi connectivity index (χ3v) is 9.51. The van der Waals surface area contributed by atoms with Gasteiger partial charge in [-0.2, -0.15) is 0 Å². The molecule has 1 unspecified atom stereocenters. The molecule has 0 spiro atoms. The Balaban J connectivity index is 2.45. The fourth-order valence-corrected chi connectivity index (χ4v) is 4.62. The molecule has 4 heteroatoms. The highest BCUT2D eigenvalue weighted by Crippen LogP contribution is 2.42. The lowest BCUT2D eigenvalue weighted by atomic mass is 10.1. The zero-order valence-electron chi connectivity index (χ0n) is 15.9. The number of halogens is 1. The van der Waals surface area contributed by atoms with Crippen LogP contribution in [0.25, 0.3) is 0 Å². The Hall–Kier alpha value is -0.973. The van der Waals surface area contributed by atoms with E-state index in [0.29, 0.717) is 19.4 Å². The molecule has 0 aromatic heterocycles. The van der Waals surface area contributed by atoms with Gasteiger partial charge in [0.2, 0.25) is 0 Å². The molecule has 1 aromatic rings. The van der Waals surface area contributed by atoms with Gasteiger partial charge in [0, 0.05) is 6.61 Å². The molecule has 0 aliphatic rings. The van der Waals surface area contributed by atoms with Gasteiger partial charge in [0.1, 0.15) is 5.83 Å². The molecule has 0 saturated heterocycles. The van der Waals surface area contributed by atoms with E-state index in [9.17, 15) is 4.39 Å². The zero-order valence-corrected chi connectivity index (χ0v) is 16.9. The molecule has 24 heavy (non-hydrogen) atoms. The molecule has 0 fully saturated rings. The SMILES string of the molecule is CCCC(C)(C)[Si](C)(C)OCCC=C(F)C(N)Cc1ccccc1. The molecule has 0 heterocycles. The standard InChI is InChI=1S/C20H34FNOSi/c1-6-14-20(2,3)24(4,5)23-15-10-13-18(21)19(22)16-17-11-8-7-9-12-17/h7-9,11-13,19H,6,10,14-16,22H2,1-5H3. The maximum atomic E-state index is 14.1. The minimum atomic E-state index is -1.80. The summed E-state index contributed by atoms with van der Waals surface area (Å²) in [6.45, 7) is 11.9. The van der Waals surface area contributed by atoms with Crippen molar-refractivity contribution in [2.45, 2.75) is 70.6 Å². The highest BCUT2D eigenvalue weighted by molar-refractivity contribution is 6.74. The van der Waals surface area contributed by atoms with Crippen molar-refractivity contribution in [1.82, 2.24) is 0 Å². The summed E-state index contributed by atoms with van der Waals surface area (Å²) in [4.78, 5) is 0. The second-order valence-corrected chi connectivity index (χ2v) is 12.3. The molecule has 136 valence electrons. The first-order valence-corrected chi connectivity index (χ1v) is 11.9. The molecule has 0 aliphatic heterocycles. The lowest BCUT2D eigenvalue weighted by molar-refractivity contribution is 0.285. The van der Waals surface area contributed by atoms with Gasteiger partial charge < -0.3 is 10.2 Å². The number of benzene rings is 1. The van der Waals surface area contributed by atoms with Crippen molar-refractivity contribution >= 4 is 8.32 Å². The molecule has 0 radical (unpaired) electrons. The first-order chi connectivity index (χ1) is 11.2. The summed E-state index contributed by atoms with van der Waals surface area (Å²) in [6.07, 6.45) is 5.01. The molecule has 0 aliphatic carbocycles. The summed E-state index contributed by atoms with van der Waals surface area (Å²) in [5.41, 5.74) is 7.01. The molecular formula is C20H34FNOSi. The van der Waals surface area contributed by atoms with Gasteiger partial charge in [-0.15, -0.1) is 0 Å². The quantitative estimate of drug-likeness (QED) is 0.440. The number of nitrogens with two attached hydrogens (primary N) is 1. The van der Waals surface area contributed by atoms with Crippen molar-refractivity contribution in [3.8, 4) is 0 Å². The second kappa shape index (κ2) is 9.49. The van der Waals surface area contributed by atoms with Gasteiger partial charge in [0.05, 0.1) is 6.04 Å². The van der Waals surface area contributed by atoms with Crippen molar-refractivity contribution in [2.24, 2.45) is 5.73 Å². The van der Waals surface area contributed by atoms with E-state index < -0.39 is 14.4 Å². The van der Waals surface area contributed by atoms with E-state index in [2.05, 4.69) is 33.9 Å². The van der Waals surface area contributed by atoms with Crippen LogP contribution in [0.4, 0.5) is 4.39 Å². The second-order valence-electron chi connectivity index (χ2n) is 7.67. The zero-order chi connectivity index (χ0) is 18.2. The van der Waals surface area contributed by atoms with Crippen LogP contribution in [0.1, 0.15) is 45.6 Å². The molecule has 0 bridgehead atoms. The molecule has 0 saturated carbocycles.